The van der Waals surface area contributed by atoms with Crippen molar-refractivity contribution in [3.8, 4) is 0 Å². The number of pyridine rings is 1. The number of nitrogens with one attached hydrogen (secondary N) is 1. The van der Waals surface area contributed by atoms with E-state index in [0.717, 1.165) is 5.69 Å². The Bertz CT molecular complexity index is 837. The molecule has 0 unspecified atom stereocenters. The lowest BCUT2D eigenvalue weighted by Gasteiger charge is -2.11. The minimum Gasteiger partial charge on any atom is -0.355 e. The molecule has 2 aromatic carbocycles. The van der Waals surface area contributed by atoms with Gasteiger partial charge < -0.3 is 5.32 Å². The molecule has 0 amide bonds. The molecule has 0 aliphatic heterocycles. The van der Waals surface area contributed by atoms with Gasteiger partial charge >= 0.3 is 0 Å². The smallest absolute Gasteiger partial charge is 0.131 e. The number of nitrogens with zero attached hydrogens (tertiary/aromatic N) is 1. The van der Waals surface area contributed by atoms with Crippen LogP contribution in [0, 0.1) is 5.82 Å². The Morgan fingerprint density at radius 3 is 2.48 bits per heavy atom. The van der Waals surface area contributed by atoms with E-state index in [1.54, 1.807) is 30.3 Å². The summed E-state index contributed by atoms with van der Waals surface area (Å²) in [6.45, 7) is 0. The molecule has 0 aliphatic rings. The molecule has 0 fully saturated rings. The summed E-state index contributed by atoms with van der Waals surface area (Å²) in [5.41, 5.74) is 1.96. The summed E-state index contributed by atoms with van der Waals surface area (Å²) in [5.74, 6) is -0.344. The highest BCUT2D eigenvalue weighted by Gasteiger charge is 2.08. The second-order valence-corrected chi connectivity index (χ2v) is 5.61. The first kappa shape index (κ1) is 14.4. The van der Waals surface area contributed by atoms with Gasteiger partial charge in [0.15, 0.2) is 0 Å². The van der Waals surface area contributed by atoms with E-state index < -0.39 is 0 Å². The number of halogens is 4. The van der Waals surface area contributed by atoms with Crippen LogP contribution in [0.1, 0.15) is 0 Å². The summed E-state index contributed by atoms with van der Waals surface area (Å²) in [5, 5.41) is 4.99. The van der Waals surface area contributed by atoms with Crippen molar-refractivity contribution in [2.24, 2.45) is 0 Å². The van der Waals surface area contributed by atoms with E-state index in [1.807, 2.05) is 0 Å². The molecule has 0 saturated carbocycles. The molecule has 0 atom stereocenters. The van der Waals surface area contributed by atoms with Crippen LogP contribution in [0.15, 0.2) is 42.5 Å². The molecule has 0 bridgehead atoms. The minimum absolute atomic E-state index is 0.316. The molecular formula is C15H8Cl3FN2. The first-order valence-corrected chi connectivity index (χ1v) is 7.14. The van der Waals surface area contributed by atoms with E-state index in [-0.39, 0.29) is 5.82 Å². The maximum absolute atomic E-state index is 13.4. The van der Waals surface area contributed by atoms with Crippen LogP contribution in [0.2, 0.25) is 15.2 Å². The van der Waals surface area contributed by atoms with Gasteiger partial charge in [-0.15, -0.1) is 0 Å². The van der Waals surface area contributed by atoms with Gasteiger partial charge in [0.2, 0.25) is 0 Å². The minimum atomic E-state index is -0.344. The SMILES string of the molecule is Fc1ccc2nc(Cl)cc(Nc3ccc(Cl)c(Cl)c3)c2c1. The molecular weight excluding hydrogens is 334 g/mol. The lowest BCUT2D eigenvalue weighted by Crippen LogP contribution is -1.94. The zero-order valence-electron chi connectivity index (χ0n) is 10.5. The monoisotopic (exact) mass is 340 g/mol. The van der Waals surface area contributed by atoms with E-state index in [0.29, 0.717) is 31.8 Å². The highest BCUT2D eigenvalue weighted by Crippen LogP contribution is 2.31. The largest absolute Gasteiger partial charge is 0.355 e. The van der Waals surface area contributed by atoms with Crippen LogP contribution >= 0.6 is 34.8 Å². The summed E-state index contributed by atoms with van der Waals surface area (Å²) in [6.07, 6.45) is 0. The van der Waals surface area contributed by atoms with E-state index >= 15 is 0 Å². The van der Waals surface area contributed by atoms with Crippen LogP contribution in [-0.4, -0.2) is 4.98 Å². The van der Waals surface area contributed by atoms with Crippen molar-refractivity contribution in [3.05, 3.63) is 63.5 Å². The Morgan fingerprint density at radius 1 is 0.905 bits per heavy atom. The van der Waals surface area contributed by atoms with E-state index in [1.165, 1.54) is 12.1 Å². The molecule has 3 rings (SSSR count). The zero-order chi connectivity index (χ0) is 15.0. The van der Waals surface area contributed by atoms with Gasteiger partial charge in [-0.2, -0.15) is 0 Å². The molecule has 1 aromatic heterocycles. The summed E-state index contributed by atoms with van der Waals surface area (Å²) in [7, 11) is 0. The number of anilines is 2. The second kappa shape index (κ2) is 5.68. The van der Waals surface area contributed by atoms with Crippen molar-refractivity contribution >= 4 is 57.1 Å². The number of hydrogen-bond donors (Lipinski definition) is 1. The van der Waals surface area contributed by atoms with Gasteiger partial charge in [0, 0.05) is 11.1 Å². The quantitative estimate of drug-likeness (QED) is 0.571. The van der Waals surface area contributed by atoms with E-state index in [9.17, 15) is 4.39 Å². The Kier molecular flexibility index (Phi) is 3.89. The Morgan fingerprint density at radius 2 is 1.71 bits per heavy atom. The summed E-state index contributed by atoms with van der Waals surface area (Å²) >= 11 is 17.9. The number of fused-ring (bicyclic) bond motifs is 1. The topological polar surface area (TPSA) is 24.9 Å². The maximum Gasteiger partial charge on any atom is 0.131 e. The average Bonchev–Trinajstić information content (AvgIpc) is 2.43. The molecule has 0 aliphatic carbocycles. The predicted octanol–water partition coefficient (Wildman–Crippen LogP) is 6.08. The van der Waals surface area contributed by atoms with Crippen LogP contribution in [0.5, 0.6) is 0 Å². The molecule has 0 spiro atoms. The summed E-state index contributed by atoms with van der Waals surface area (Å²) in [6, 6.07) is 11.1. The highest BCUT2D eigenvalue weighted by molar-refractivity contribution is 6.42. The number of hydrogen-bond acceptors (Lipinski definition) is 2. The molecule has 0 radical (unpaired) electrons. The average molecular weight is 342 g/mol. The van der Waals surface area contributed by atoms with E-state index in [4.69, 9.17) is 34.8 Å². The maximum atomic E-state index is 13.4. The molecule has 106 valence electrons. The normalized spacial score (nSPS) is 10.9. The number of rotatable bonds is 2. The lowest BCUT2D eigenvalue weighted by molar-refractivity contribution is 0.629. The highest BCUT2D eigenvalue weighted by atomic mass is 35.5. The Balaban J connectivity index is 2.10. The second-order valence-electron chi connectivity index (χ2n) is 4.41. The first-order valence-electron chi connectivity index (χ1n) is 6.01. The van der Waals surface area contributed by atoms with Crippen molar-refractivity contribution < 1.29 is 4.39 Å². The van der Waals surface area contributed by atoms with Gasteiger partial charge in [0.25, 0.3) is 0 Å². The third-order valence-electron chi connectivity index (χ3n) is 2.94. The van der Waals surface area contributed by atoms with Gasteiger partial charge in [-0.3, -0.25) is 0 Å². The summed E-state index contributed by atoms with van der Waals surface area (Å²) in [4.78, 5) is 4.16. The molecule has 2 nitrogen and oxygen atoms in total. The first-order chi connectivity index (χ1) is 10.0. The van der Waals surface area contributed by atoms with Crippen molar-refractivity contribution in [1.29, 1.82) is 0 Å². The van der Waals surface area contributed by atoms with Crippen LogP contribution in [0.3, 0.4) is 0 Å². The third kappa shape index (κ3) is 3.05. The Hall–Kier alpha value is -1.55. The number of aromatic nitrogens is 1. The molecule has 0 saturated heterocycles. The zero-order valence-corrected chi connectivity index (χ0v) is 12.8. The van der Waals surface area contributed by atoms with Crippen LogP contribution in [0.4, 0.5) is 15.8 Å². The van der Waals surface area contributed by atoms with Crippen LogP contribution in [0.25, 0.3) is 10.9 Å². The fraction of sp³-hybridized carbons (Fsp3) is 0. The van der Waals surface area contributed by atoms with Crippen molar-refractivity contribution in [3.63, 3.8) is 0 Å². The van der Waals surface area contributed by atoms with Gasteiger partial charge in [-0.25, -0.2) is 9.37 Å². The molecule has 6 heteroatoms. The molecule has 3 aromatic rings. The van der Waals surface area contributed by atoms with Crippen molar-refractivity contribution in [2.45, 2.75) is 0 Å². The van der Waals surface area contributed by atoms with Gasteiger partial charge in [0.05, 0.1) is 21.2 Å². The Labute approximate surface area is 135 Å². The fourth-order valence-corrected chi connectivity index (χ4v) is 2.50. The fourth-order valence-electron chi connectivity index (χ4n) is 2.00. The third-order valence-corrected chi connectivity index (χ3v) is 3.87. The van der Waals surface area contributed by atoms with Gasteiger partial charge in [0.1, 0.15) is 11.0 Å². The standard InChI is InChI=1S/C15H8Cl3FN2/c16-11-3-2-9(6-12(11)17)20-14-7-15(18)21-13-4-1-8(19)5-10(13)14/h1-7H,(H,20,21). The molecule has 1 N–H and O–H groups in total. The summed E-state index contributed by atoms with van der Waals surface area (Å²) < 4.78 is 13.4. The van der Waals surface area contributed by atoms with Crippen LogP contribution in [-0.2, 0) is 0 Å². The van der Waals surface area contributed by atoms with Crippen molar-refractivity contribution in [2.75, 3.05) is 5.32 Å². The number of benzene rings is 2. The van der Waals surface area contributed by atoms with E-state index in [2.05, 4.69) is 10.3 Å². The molecule has 21 heavy (non-hydrogen) atoms. The molecule has 1 heterocycles. The predicted molar refractivity (Wildman–Crippen MR) is 86.5 cm³/mol. The van der Waals surface area contributed by atoms with Gasteiger partial charge in [-0.1, -0.05) is 34.8 Å². The van der Waals surface area contributed by atoms with Crippen molar-refractivity contribution in [1.82, 2.24) is 4.98 Å². The van der Waals surface area contributed by atoms with Crippen LogP contribution < -0.4 is 5.32 Å². The van der Waals surface area contributed by atoms with Gasteiger partial charge in [-0.05, 0) is 42.5 Å². The lowest BCUT2D eigenvalue weighted by atomic mass is 10.1.